The van der Waals surface area contributed by atoms with Crippen molar-refractivity contribution in [2.24, 2.45) is 0 Å². The molecule has 0 saturated carbocycles. The number of nitrogens with one attached hydrogen (secondary N) is 1. The first-order valence-corrected chi connectivity index (χ1v) is 8.05. The first kappa shape index (κ1) is 16.7. The Balaban J connectivity index is 1.78. The van der Waals surface area contributed by atoms with Gasteiger partial charge >= 0.3 is 6.03 Å². The first-order valence-electron chi connectivity index (χ1n) is 8.05. The standard InChI is InChI=1S/C19H20N4O2/c1-14-6-5-7-16(10-14)12-23(13-17-8-3-4-9-20-17)19(24)21-18-11-15(2)25-22-18/h3-11H,12-13H2,1-2H3,(H,21,22,24). The van der Waals surface area contributed by atoms with Crippen LogP contribution in [0.4, 0.5) is 10.6 Å². The molecule has 0 aliphatic carbocycles. The lowest BCUT2D eigenvalue weighted by Gasteiger charge is -2.22. The van der Waals surface area contributed by atoms with Gasteiger partial charge in [-0.15, -0.1) is 0 Å². The fourth-order valence-electron chi connectivity index (χ4n) is 2.53. The van der Waals surface area contributed by atoms with Crippen LogP contribution in [0.15, 0.2) is 59.3 Å². The smallest absolute Gasteiger partial charge is 0.323 e. The third-order valence-corrected chi connectivity index (χ3v) is 3.69. The normalized spacial score (nSPS) is 10.5. The Bertz CT molecular complexity index is 845. The van der Waals surface area contributed by atoms with Gasteiger partial charge in [-0.2, -0.15) is 0 Å². The highest BCUT2D eigenvalue weighted by molar-refractivity contribution is 5.88. The van der Waals surface area contributed by atoms with Gasteiger partial charge in [0.2, 0.25) is 0 Å². The van der Waals surface area contributed by atoms with Crippen molar-refractivity contribution in [1.29, 1.82) is 0 Å². The Hall–Kier alpha value is -3.15. The summed E-state index contributed by atoms with van der Waals surface area (Å²) in [6.45, 7) is 4.68. The molecule has 2 aromatic heterocycles. The summed E-state index contributed by atoms with van der Waals surface area (Å²) < 4.78 is 5.00. The molecule has 0 aliphatic heterocycles. The monoisotopic (exact) mass is 336 g/mol. The maximum absolute atomic E-state index is 12.7. The van der Waals surface area contributed by atoms with Gasteiger partial charge in [0, 0.05) is 18.8 Å². The van der Waals surface area contributed by atoms with Crippen LogP contribution in [-0.2, 0) is 13.1 Å². The molecule has 0 spiro atoms. The van der Waals surface area contributed by atoms with Gasteiger partial charge in [-0.1, -0.05) is 41.1 Å². The Morgan fingerprint density at radius 3 is 2.68 bits per heavy atom. The number of pyridine rings is 1. The van der Waals surface area contributed by atoms with Gasteiger partial charge in [-0.25, -0.2) is 4.79 Å². The molecule has 6 heteroatoms. The zero-order valence-corrected chi connectivity index (χ0v) is 14.3. The molecule has 0 saturated heterocycles. The fraction of sp³-hybridized carbons (Fsp3) is 0.211. The number of aromatic nitrogens is 2. The zero-order chi connectivity index (χ0) is 17.6. The molecule has 6 nitrogen and oxygen atoms in total. The van der Waals surface area contributed by atoms with Gasteiger partial charge in [-0.3, -0.25) is 10.3 Å². The van der Waals surface area contributed by atoms with E-state index in [2.05, 4.69) is 21.5 Å². The number of urea groups is 1. The molecule has 25 heavy (non-hydrogen) atoms. The van der Waals surface area contributed by atoms with E-state index in [0.717, 1.165) is 16.8 Å². The second kappa shape index (κ2) is 7.61. The first-order chi connectivity index (χ1) is 12.1. The van der Waals surface area contributed by atoms with Crippen LogP contribution in [0, 0.1) is 13.8 Å². The van der Waals surface area contributed by atoms with Crippen LogP contribution in [0.2, 0.25) is 0 Å². The van der Waals surface area contributed by atoms with Crippen molar-refractivity contribution in [2.75, 3.05) is 5.32 Å². The average Bonchev–Trinajstić information content (AvgIpc) is 3.00. The molecule has 0 atom stereocenters. The van der Waals surface area contributed by atoms with Gasteiger partial charge in [0.05, 0.1) is 12.2 Å². The fourth-order valence-corrected chi connectivity index (χ4v) is 2.53. The Labute approximate surface area is 146 Å². The average molecular weight is 336 g/mol. The summed E-state index contributed by atoms with van der Waals surface area (Å²) in [7, 11) is 0. The Morgan fingerprint density at radius 2 is 2.00 bits per heavy atom. The summed E-state index contributed by atoms with van der Waals surface area (Å²) >= 11 is 0. The van der Waals surface area contributed by atoms with E-state index >= 15 is 0 Å². The zero-order valence-electron chi connectivity index (χ0n) is 14.3. The predicted octanol–water partition coefficient (Wildman–Crippen LogP) is 3.92. The van der Waals surface area contributed by atoms with Crippen molar-refractivity contribution in [3.63, 3.8) is 0 Å². The molecule has 3 aromatic rings. The number of anilines is 1. The molecule has 1 aromatic carbocycles. The quantitative estimate of drug-likeness (QED) is 0.766. The van der Waals surface area contributed by atoms with Gasteiger partial charge < -0.3 is 9.42 Å². The predicted molar refractivity (Wildman–Crippen MR) is 94.9 cm³/mol. The van der Waals surface area contributed by atoms with E-state index in [1.807, 2.05) is 43.3 Å². The summed E-state index contributed by atoms with van der Waals surface area (Å²) in [5, 5.41) is 6.59. The summed E-state index contributed by atoms with van der Waals surface area (Å²) in [5.41, 5.74) is 3.03. The van der Waals surface area contributed by atoms with Crippen LogP contribution in [-0.4, -0.2) is 21.1 Å². The Kier molecular flexibility index (Phi) is 5.09. The molecule has 2 heterocycles. The van der Waals surface area contributed by atoms with E-state index in [1.54, 1.807) is 24.1 Å². The van der Waals surface area contributed by atoms with Crippen molar-refractivity contribution in [3.05, 3.63) is 77.3 Å². The van der Waals surface area contributed by atoms with Crippen LogP contribution in [0.25, 0.3) is 0 Å². The molecular formula is C19H20N4O2. The number of amides is 2. The summed E-state index contributed by atoms with van der Waals surface area (Å²) in [6, 6.07) is 15.2. The molecule has 0 aliphatic rings. The van der Waals surface area contributed by atoms with Crippen molar-refractivity contribution in [3.8, 4) is 0 Å². The number of nitrogens with zero attached hydrogens (tertiary/aromatic N) is 3. The highest BCUT2D eigenvalue weighted by Crippen LogP contribution is 2.14. The maximum Gasteiger partial charge on any atom is 0.323 e. The maximum atomic E-state index is 12.7. The van der Waals surface area contributed by atoms with Crippen LogP contribution in [0.1, 0.15) is 22.6 Å². The molecule has 0 radical (unpaired) electrons. The van der Waals surface area contributed by atoms with Crippen molar-refractivity contribution in [1.82, 2.24) is 15.0 Å². The molecule has 0 fully saturated rings. The summed E-state index contributed by atoms with van der Waals surface area (Å²) in [4.78, 5) is 18.7. The SMILES string of the molecule is Cc1cccc(CN(Cc2ccccn2)C(=O)Nc2cc(C)on2)c1. The van der Waals surface area contributed by atoms with Gasteiger partial charge in [0.15, 0.2) is 5.82 Å². The molecule has 2 amide bonds. The van der Waals surface area contributed by atoms with Crippen LogP contribution in [0.5, 0.6) is 0 Å². The van der Waals surface area contributed by atoms with Crippen LogP contribution in [0.3, 0.4) is 0 Å². The summed E-state index contributed by atoms with van der Waals surface area (Å²) in [6.07, 6.45) is 1.72. The number of carbonyl (C=O) groups excluding carboxylic acids is 1. The van der Waals surface area contributed by atoms with Crippen molar-refractivity contribution >= 4 is 11.8 Å². The molecule has 1 N–H and O–H groups in total. The minimum atomic E-state index is -0.250. The van der Waals surface area contributed by atoms with E-state index in [1.165, 1.54) is 0 Å². The molecule has 3 rings (SSSR count). The van der Waals surface area contributed by atoms with Crippen molar-refractivity contribution in [2.45, 2.75) is 26.9 Å². The lowest BCUT2D eigenvalue weighted by atomic mass is 10.1. The van der Waals surface area contributed by atoms with E-state index in [0.29, 0.717) is 24.7 Å². The second-order valence-corrected chi connectivity index (χ2v) is 5.92. The van der Waals surface area contributed by atoms with Crippen molar-refractivity contribution < 1.29 is 9.32 Å². The largest absolute Gasteiger partial charge is 0.360 e. The third-order valence-electron chi connectivity index (χ3n) is 3.69. The third kappa shape index (κ3) is 4.67. The van der Waals surface area contributed by atoms with E-state index in [-0.39, 0.29) is 6.03 Å². The van der Waals surface area contributed by atoms with Gasteiger partial charge in [0.1, 0.15) is 5.76 Å². The molecular weight excluding hydrogens is 316 g/mol. The van der Waals surface area contributed by atoms with Crippen LogP contribution >= 0.6 is 0 Å². The minimum Gasteiger partial charge on any atom is -0.360 e. The molecule has 0 unspecified atom stereocenters. The van der Waals surface area contributed by atoms with E-state index in [9.17, 15) is 4.79 Å². The van der Waals surface area contributed by atoms with Crippen LogP contribution < -0.4 is 5.32 Å². The molecule has 0 bridgehead atoms. The van der Waals surface area contributed by atoms with E-state index in [4.69, 9.17) is 4.52 Å². The minimum absolute atomic E-state index is 0.250. The van der Waals surface area contributed by atoms with E-state index < -0.39 is 0 Å². The van der Waals surface area contributed by atoms with Gasteiger partial charge in [0.25, 0.3) is 0 Å². The lowest BCUT2D eigenvalue weighted by molar-refractivity contribution is 0.205. The topological polar surface area (TPSA) is 71.3 Å². The number of benzene rings is 1. The number of carbonyl (C=O) groups is 1. The molecule has 128 valence electrons. The lowest BCUT2D eigenvalue weighted by Crippen LogP contribution is -2.34. The Morgan fingerprint density at radius 1 is 1.12 bits per heavy atom. The second-order valence-electron chi connectivity index (χ2n) is 5.92. The van der Waals surface area contributed by atoms with Gasteiger partial charge in [-0.05, 0) is 31.5 Å². The number of hydrogen-bond donors (Lipinski definition) is 1. The highest BCUT2D eigenvalue weighted by Gasteiger charge is 2.17. The number of aryl methyl sites for hydroxylation is 2. The highest BCUT2D eigenvalue weighted by atomic mass is 16.5. The summed E-state index contributed by atoms with van der Waals surface area (Å²) in [5.74, 6) is 1.04. The number of hydrogen-bond acceptors (Lipinski definition) is 4. The number of rotatable bonds is 5.